The Morgan fingerprint density at radius 3 is 2.72 bits per heavy atom. The van der Waals surface area contributed by atoms with Crippen molar-refractivity contribution in [1.29, 1.82) is 0 Å². The Morgan fingerprint density at radius 2 is 2.17 bits per heavy atom. The molecule has 1 fully saturated rings. The molecule has 18 heavy (non-hydrogen) atoms. The molecular weight excluding hydrogens is 241 g/mol. The molecule has 0 aromatic heterocycles. The lowest BCUT2D eigenvalue weighted by Crippen LogP contribution is -2.55. The number of hydrogen-bond donors (Lipinski definition) is 2. The van der Waals surface area contributed by atoms with Gasteiger partial charge in [0.2, 0.25) is 0 Å². The molecule has 2 unspecified atom stereocenters. The van der Waals surface area contributed by atoms with Crippen molar-refractivity contribution in [3.05, 3.63) is 0 Å². The molecule has 1 aliphatic carbocycles. The zero-order chi connectivity index (χ0) is 13.6. The number of halogens is 3. The lowest BCUT2D eigenvalue weighted by atomic mass is 9.75. The zero-order valence-electron chi connectivity index (χ0n) is 10.7. The maximum absolute atomic E-state index is 12.8. The highest BCUT2D eigenvalue weighted by Gasteiger charge is 2.46. The van der Waals surface area contributed by atoms with Crippen molar-refractivity contribution >= 4 is 0 Å². The summed E-state index contributed by atoms with van der Waals surface area (Å²) >= 11 is 0. The van der Waals surface area contributed by atoms with Gasteiger partial charge in [0.1, 0.15) is 0 Å². The van der Waals surface area contributed by atoms with E-state index in [0.29, 0.717) is 19.4 Å². The van der Waals surface area contributed by atoms with E-state index in [-0.39, 0.29) is 19.4 Å². The van der Waals surface area contributed by atoms with E-state index in [1.54, 1.807) is 6.92 Å². The highest BCUT2D eigenvalue weighted by molar-refractivity contribution is 4.99. The van der Waals surface area contributed by atoms with Crippen molar-refractivity contribution in [3.63, 3.8) is 0 Å². The second kappa shape index (κ2) is 6.44. The normalized spacial score (nSPS) is 28.6. The summed E-state index contributed by atoms with van der Waals surface area (Å²) in [5.41, 5.74) is 5.13. The van der Waals surface area contributed by atoms with Gasteiger partial charge < -0.3 is 11.1 Å². The molecule has 2 atom stereocenters. The van der Waals surface area contributed by atoms with E-state index in [9.17, 15) is 13.2 Å². The Labute approximate surface area is 106 Å². The van der Waals surface area contributed by atoms with Crippen LogP contribution in [0, 0.1) is 17.8 Å². The van der Waals surface area contributed by atoms with E-state index < -0.39 is 17.6 Å². The summed E-state index contributed by atoms with van der Waals surface area (Å²) in [6.07, 6.45) is -1.85. The van der Waals surface area contributed by atoms with E-state index >= 15 is 0 Å². The SMILES string of the molecule is CC#CCCNC1(CN)CCCC(C(F)(F)F)C1. The lowest BCUT2D eigenvalue weighted by Gasteiger charge is -2.41. The molecule has 0 aromatic carbocycles. The summed E-state index contributed by atoms with van der Waals surface area (Å²) < 4.78 is 38.3. The molecule has 2 nitrogen and oxygen atoms in total. The van der Waals surface area contributed by atoms with E-state index in [1.165, 1.54) is 0 Å². The molecule has 0 spiro atoms. The predicted molar refractivity (Wildman–Crippen MR) is 65.9 cm³/mol. The molecule has 0 radical (unpaired) electrons. The molecule has 1 rings (SSSR count). The molecule has 0 bridgehead atoms. The smallest absolute Gasteiger partial charge is 0.329 e. The van der Waals surface area contributed by atoms with Gasteiger partial charge >= 0.3 is 6.18 Å². The van der Waals surface area contributed by atoms with Gasteiger partial charge in [-0.2, -0.15) is 13.2 Å². The average molecular weight is 262 g/mol. The number of nitrogens with two attached hydrogens (primary N) is 1. The van der Waals surface area contributed by atoms with Crippen LogP contribution in [0.2, 0.25) is 0 Å². The maximum Gasteiger partial charge on any atom is 0.391 e. The number of alkyl halides is 3. The van der Waals surface area contributed by atoms with Gasteiger partial charge in [0, 0.05) is 25.0 Å². The zero-order valence-corrected chi connectivity index (χ0v) is 10.7. The predicted octanol–water partition coefficient (Wildman–Crippen LogP) is 2.44. The monoisotopic (exact) mass is 262 g/mol. The summed E-state index contributed by atoms with van der Waals surface area (Å²) in [5, 5.41) is 3.19. The van der Waals surface area contributed by atoms with Gasteiger partial charge in [-0.25, -0.2) is 0 Å². The topological polar surface area (TPSA) is 38.0 Å². The van der Waals surface area contributed by atoms with E-state index in [2.05, 4.69) is 17.2 Å². The summed E-state index contributed by atoms with van der Waals surface area (Å²) in [4.78, 5) is 0. The van der Waals surface area contributed by atoms with Gasteiger partial charge in [0.05, 0.1) is 5.92 Å². The maximum atomic E-state index is 12.8. The Bertz CT molecular complexity index is 316. The van der Waals surface area contributed by atoms with Crippen molar-refractivity contribution < 1.29 is 13.2 Å². The van der Waals surface area contributed by atoms with Crippen molar-refractivity contribution in [3.8, 4) is 11.8 Å². The molecular formula is C13H21F3N2. The first-order valence-corrected chi connectivity index (χ1v) is 6.35. The molecule has 0 aromatic rings. The summed E-state index contributed by atoms with van der Waals surface area (Å²) in [7, 11) is 0. The fraction of sp³-hybridized carbons (Fsp3) is 0.846. The lowest BCUT2D eigenvalue weighted by molar-refractivity contribution is -0.188. The van der Waals surface area contributed by atoms with Crippen molar-refractivity contribution in [2.24, 2.45) is 11.7 Å². The van der Waals surface area contributed by atoms with Crippen molar-refractivity contribution in [2.45, 2.75) is 50.7 Å². The highest BCUT2D eigenvalue weighted by Crippen LogP contribution is 2.41. The fourth-order valence-electron chi connectivity index (χ4n) is 2.58. The van der Waals surface area contributed by atoms with Gasteiger partial charge in [-0.15, -0.1) is 11.8 Å². The first-order valence-electron chi connectivity index (χ1n) is 6.35. The van der Waals surface area contributed by atoms with Gasteiger partial charge in [0.25, 0.3) is 0 Å². The van der Waals surface area contributed by atoms with E-state index in [4.69, 9.17) is 5.73 Å². The molecule has 0 saturated heterocycles. The number of hydrogen-bond acceptors (Lipinski definition) is 2. The first-order chi connectivity index (χ1) is 8.43. The molecule has 0 aliphatic heterocycles. The van der Waals surface area contributed by atoms with E-state index in [0.717, 1.165) is 6.42 Å². The number of rotatable bonds is 4. The van der Waals surface area contributed by atoms with Crippen LogP contribution in [-0.2, 0) is 0 Å². The van der Waals surface area contributed by atoms with Crippen LogP contribution < -0.4 is 11.1 Å². The Morgan fingerprint density at radius 1 is 1.44 bits per heavy atom. The Balaban J connectivity index is 2.59. The van der Waals surface area contributed by atoms with Crippen LogP contribution >= 0.6 is 0 Å². The quantitative estimate of drug-likeness (QED) is 0.603. The van der Waals surface area contributed by atoms with Gasteiger partial charge in [-0.3, -0.25) is 0 Å². The molecule has 1 aliphatic rings. The summed E-state index contributed by atoms with van der Waals surface area (Å²) in [5.74, 6) is 4.44. The first kappa shape index (κ1) is 15.3. The summed E-state index contributed by atoms with van der Waals surface area (Å²) in [6, 6.07) is 0. The Kier molecular flexibility index (Phi) is 5.48. The molecule has 3 N–H and O–H groups in total. The van der Waals surface area contributed by atoms with Crippen LogP contribution in [-0.4, -0.2) is 24.8 Å². The minimum atomic E-state index is -4.11. The minimum absolute atomic E-state index is 0.0898. The fourth-order valence-corrected chi connectivity index (χ4v) is 2.58. The van der Waals surface area contributed by atoms with Crippen LogP contribution in [0.25, 0.3) is 0 Å². The van der Waals surface area contributed by atoms with Gasteiger partial charge in [0.15, 0.2) is 0 Å². The van der Waals surface area contributed by atoms with E-state index in [1.807, 2.05) is 0 Å². The Hall–Kier alpha value is -0.730. The third kappa shape index (κ3) is 4.18. The minimum Gasteiger partial charge on any atom is -0.329 e. The largest absolute Gasteiger partial charge is 0.391 e. The van der Waals surface area contributed by atoms with Crippen LogP contribution in [0.1, 0.15) is 39.0 Å². The second-order valence-electron chi connectivity index (χ2n) is 4.92. The molecule has 104 valence electrons. The standard InChI is InChI=1S/C13H21F3N2/c1-2-3-4-8-18-12(10-17)7-5-6-11(9-12)13(14,15)16/h11,18H,4-10,17H2,1H3. The van der Waals surface area contributed by atoms with Gasteiger partial charge in [-0.1, -0.05) is 6.42 Å². The van der Waals surface area contributed by atoms with Crippen LogP contribution in [0.4, 0.5) is 13.2 Å². The third-order valence-corrected chi connectivity index (χ3v) is 3.63. The van der Waals surface area contributed by atoms with Crippen molar-refractivity contribution in [1.82, 2.24) is 5.32 Å². The number of nitrogens with one attached hydrogen (secondary N) is 1. The van der Waals surface area contributed by atoms with Crippen LogP contribution in [0.3, 0.4) is 0 Å². The molecule has 5 heteroatoms. The highest BCUT2D eigenvalue weighted by atomic mass is 19.4. The van der Waals surface area contributed by atoms with Crippen LogP contribution in [0.15, 0.2) is 0 Å². The van der Waals surface area contributed by atoms with Crippen LogP contribution in [0.5, 0.6) is 0 Å². The van der Waals surface area contributed by atoms with Crippen molar-refractivity contribution in [2.75, 3.05) is 13.1 Å². The molecule has 0 heterocycles. The summed E-state index contributed by atoms with van der Waals surface area (Å²) in [6.45, 7) is 2.60. The van der Waals surface area contributed by atoms with Gasteiger partial charge in [-0.05, 0) is 26.2 Å². The average Bonchev–Trinajstić information content (AvgIpc) is 2.34. The second-order valence-corrected chi connectivity index (χ2v) is 4.92. The molecule has 0 amide bonds. The molecule has 1 saturated carbocycles. The third-order valence-electron chi connectivity index (χ3n) is 3.63.